The highest BCUT2D eigenvalue weighted by atomic mass is 35.5. The summed E-state index contributed by atoms with van der Waals surface area (Å²) in [5, 5.41) is 7.48. The van der Waals surface area contributed by atoms with E-state index >= 15 is 0 Å². The number of thiazole rings is 1. The number of likely N-dealkylation sites (N-methyl/N-ethyl adjacent to an activating group) is 1. The second-order valence-corrected chi connectivity index (χ2v) is 12.0. The van der Waals surface area contributed by atoms with E-state index in [9.17, 15) is 19.2 Å². The van der Waals surface area contributed by atoms with Gasteiger partial charge in [0.05, 0.1) is 17.3 Å². The molecule has 0 saturated heterocycles. The Morgan fingerprint density at radius 3 is 2.65 bits per heavy atom. The number of H-pyrrole nitrogens is 1. The van der Waals surface area contributed by atoms with Crippen molar-refractivity contribution in [1.82, 2.24) is 30.4 Å². The van der Waals surface area contributed by atoms with Crippen molar-refractivity contribution in [2.24, 2.45) is 5.92 Å². The molecule has 1 aliphatic heterocycles. The van der Waals surface area contributed by atoms with Crippen molar-refractivity contribution in [3.63, 3.8) is 0 Å². The number of nitrogens with one attached hydrogen (secondary N) is 3. The molecule has 0 bridgehead atoms. The maximum absolute atomic E-state index is 13.4. The molecule has 3 heterocycles. The minimum absolute atomic E-state index is 0. The number of halogens is 2. The molecule has 40 heavy (non-hydrogen) atoms. The molecule has 1 fully saturated rings. The maximum Gasteiger partial charge on any atom is 0.280 e. The summed E-state index contributed by atoms with van der Waals surface area (Å²) in [6, 6.07) is 4.10. The lowest BCUT2D eigenvalue weighted by Gasteiger charge is -2.37. The minimum Gasteiger partial charge on any atom is -0.350 e. The summed E-state index contributed by atoms with van der Waals surface area (Å²) in [5.74, 6) is -1.06. The van der Waals surface area contributed by atoms with E-state index in [0.717, 1.165) is 30.1 Å². The van der Waals surface area contributed by atoms with Crippen molar-refractivity contribution in [3.8, 4) is 0 Å². The molecular formula is C27H32Cl2N6O4S. The Bertz CT molecular complexity index is 1450. The van der Waals surface area contributed by atoms with Gasteiger partial charge in [-0.05, 0) is 44.5 Å². The van der Waals surface area contributed by atoms with Crippen LogP contribution >= 0.6 is 35.3 Å². The zero-order valence-corrected chi connectivity index (χ0v) is 24.8. The lowest BCUT2D eigenvalue weighted by atomic mass is 9.81. The van der Waals surface area contributed by atoms with Gasteiger partial charge in [-0.15, -0.1) is 23.7 Å². The van der Waals surface area contributed by atoms with E-state index in [4.69, 9.17) is 11.6 Å². The van der Waals surface area contributed by atoms with Crippen molar-refractivity contribution >= 4 is 70.3 Å². The molecule has 3 amide bonds. The van der Waals surface area contributed by atoms with Crippen LogP contribution in [0.25, 0.3) is 10.9 Å². The quantitative estimate of drug-likeness (QED) is 0.369. The van der Waals surface area contributed by atoms with Crippen LogP contribution in [-0.2, 0) is 17.8 Å². The Morgan fingerprint density at radius 1 is 1.18 bits per heavy atom. The number of rotatable bonds is 6. The van der Waals surface area contributed by atoms with Gasteiger partial charge in [0.2, 0.25) is 5.91 Å². The van der Waals surface area contributed by atoms with Gasteiger partial charge in [-0.3, -0.25) is 19.2 Å². The largest absolute Gasteiger partial charge is 0.350 e. The number of aromatic nitrogens is 2. The van der Waals surface area contributed by atoms with Crippen molar-refractivity contribution in [3.05, 3.63) is 50.1 Å². The third-order valence-electron chi connectivity index (χ3n) is 7.54. The van der Waals surface area contributed by atoms with Crippen LogP contribution in [0, 0.1) is 5.92 Å². The Hall–Kier alpha value is -2.99. The first-order valence-electron chi connectivity index (χ1n) is 12.9. The second kappa shape index (κ2) is 12.3. The van der Waals surface area contributed by atoms with E-state index in [-0.39, 0.29) is 41.4 Å². The van der Waals surface area contributed by atoms with Crippen LogP contribution in [0.4, 0.5) is 0 Å². The van der Waals surface area contributed by atoms with Crippen LogP contribution in [0.1, 0.15) is 60.5 Å². The van der Waals surface area contributed by atoms with Crippen molar-refractivity contribution < 1.29 is 19.2 Å². The van der Waals surface area contributed by atoms with Crippen molar-refractivity contribution in [2.45, 2.75) is 44.3 Å². The number of benzene rings is 1. The van der Waals surface area contributed by atoms with E-state index in [2.05, 4.69) is 25.5 Å². The molecule has 1 saturated carbocycles. The van der Waals surface area contributed by atoms with E-state index < -0.39 is 18.0 Å². The van der Waals surface area contributed by atoms with Crippen molar-refractivity contribution in [2.75, 3.05) is 27.7 Å². The first-order valence-corrected chi connectivity index (χ1v) is 14.1. The van der Waals surface area contributed by atoms with Gasteiger partial charge in [0.15, 0.2) is 11.3 Å². The van der Waals surface area contributed by atoms with Crippen LogP contribution in [0.5, 0.6) is 0 Å². The Balaban J connectivity index is 0.00000370. The van der Waals surface area contributed by atoms with E-state index in [1.54, 1.807) is 37.2 Å². The summed E-state index contributed by atoms with van der Waals surface area (Å²) in [6.45, 7) is 1.65. The summed E-state index contributed by atoms with van der Waals surface area (Å²) in [7, 11) is 5.46. The molecule has 5 rings (SSSR count). The van der Waals surface area contributed by atoms with Gasteiger partial charge in [-0.1, -0.05) is 11.6 Å². The monoisotopic (exact) mass is 606 g/mol. The zero-order chi connectivity index (χ0) is 27.8. The third-order valence-corrected chi connectivity index (χ3v) is 8.85. The lowest BCUT2D eigenvalue weighted by Crippen LogP contribution is -2.56. The number of amides is 3. The predicted octanol–water partition coefficient (Wildman–Crippen LogP) is 3.29. The first kappa shape index (κ1) is 30.0. The molecule has 10 nitrogen and oxygen atoms in total. The average molecular weight is 608 g/mol. The van der Waals surface area contributed by atoms with Gasteiger partial charge in [0.25, 0.3) is 11.8 Å². The Kier molecular flexibility index (Phi) is 9.19. The fraction of sp³-hybridized carbons (Fsp3) is 0.444. The molecule has 0 unspecified atom stereocenters. The molecule has 3 N–H and O–H groups in total. The summed E-state index contributed by atoms with van der Waals surface area (Å²) in [6.07, 6.45) is 2.87. The van der Waals surface area contributed by atoms with E-state index in [1.807, 2.05) is 7.05 Å². The van der Waals surface area contributed by atoms with E-state index in [1.165, 1.54) is 11.3 Å². The number of hydrogen-bond acceptors (Lipinski definition) is 7. The summed E-state index contributed by atoms with van der Waals surface area (Å²) in [4.78, 5) is 63.9. The number of nitrogens with zero attached hydrogens (tertiary/aromatic N) is 3. The highest BCUT2D eigenvalue weighted by molar-refractivity contribution is 7.13. The standard InChI is InChI=1S/C27H31ClN6O4S.ClH/c1-33(2)27(38)14-4-6-19(30-24(36)23-17(13-35)16-11-15(28)5-7-18(16)29-23)21(10-14)31-25(37)26-32-20-8-9-34(3)12-22(20)39-26;/h5,7,11,13-14,19,21,29H,4,6,8-10,12H2,1-3H3,(H,30,36)(H,31,37);1H/t14-,19-,21+;/m0./s1. The number of carbonyl (C=O) groups excluding carboxylic acids is 4. The van der Waals surface area contributed by atoms with E-state index in [0.29, 0.717) is 46.5 Å². The fourth-order valence-electron chi connectivity index (χ4n) is 5.47. The molecule has 0 radical (unpaired) electrons. The number of aldehydes is 1. The van der Waals surface area contributed by atoms with Crippen molar-refractivity contribution in [1.29, 1.82) is 0 Å². The highest BCUT2D eigenvalue weighted by Gasteiger charge is 2.37. The van der Waals surface area contributed by atoms with Crippen LogP contribution in [0.15, 0.2) is 18.2 Å². The molecule has 0 spiro atoms. The molecule has 1 aromatic carbocycles. The number of carbonyl (C=O) groups is 4. The summed E-state index contributed by atoms with van der Waals surface area (Å²) in [5.41, 5.74) is 1.93. The Morgan fingerprint density at radius 2 is 1.93 bits per heavy atom. The molecule has 2 aliphatic rings. The SMILES string of the molecule is CN1CCc2nc(C(=O)N[C@@H]3C[C@@H](C(=O)N(C)C)CC[C@@H]3NC(=O)c3[nH]c4ccc(Cl)cc4c3C=O)sc2C1.Cl. The van der Waals surface area contributed by atoms with Gasteiger partial charge in [-0.2, -0.15) is 0 Å². The first-order chi connectivity index (χ1) is 18.6. The van der Waals surface area contributed by atoms with Crippen LogP contribution < -0.4 is 10.6 Å². The van der Waals surface area contributed by atoms with Crippen LogP contribution in [0.2, 0.25) is 5.02 Å². The molecule has 13 heteroatoms. The van der Waals surface area contributed by atoms with Gasteiger partial charge in [0, 0.05) is 66.4 Å². The molecule has 214 valence electrons. The maximum atomic E-state index is 13.4. The zero-order valence-electron chi connectivity index (χ0n) is 22.5. The third kappa shape index (κ3) is 6.02. The van der Waals surface area contributed by atoms with Gasteiger partial charge in [-0.25, -0.2) is 4.98 Å². The predicted molar refractivity (Wildman–Crippen MR) is 157 cm³/mol. The van der Waals surface area contributed by atoms with Gasteiger partial charge < -0.3 is 25.4 Å². The smallest absolute Gasteiger partial charge is 0.280 e. The fourth-order valence-corrected chi connectivity index (χ4v) is 6.73. The summed E-state index contributed by atoms with van der Waals surface area (Å²) >= 11 is 7.49. The number of fused-ring (bicyclic) bond motifs is 2. The molecule has 3 aromatic rings. The lowest BCUT2D eigenvalue weighted by molar-refractivity contribution is -0.134. The topological polar surface area (TPSA) is 128 Å². The second-order valence-electron chi connectivity index (χ2n) is 10.5. The minimum atomic E-state index is -0.494. The van der Waals surface area contributed by atoms with Crippen LogP contribution in [0.3, 0.4) is 0 Å². The molecule has 2 aromatic heterocycles. The average Bonchev–Trinajstić information content (AvgIpc) is 3.49. The normalized spacial score (nSPS) is 20.8. The molecular weight excluding hydrogens is 575 g/mol. The molecule has 3 atom stereocenters. The van der Waals surface area contributed by atoms with Crippen LogP contribution in [-0.4, -0.2) is 83.5 Å². The Labute approximate surface area is 247 Å². The van der Waals surface area contributed by atoms with Gasteiger partial charge in [0.1, 0.15) is 5.69 Å². The van der Waals surface area contributed by atoms with Gasteiger partial charge >= 0.3 is 0 Å². The number of aromatic amines is 1. The summed E-state index contributed by atoms with van der Waals surface area (Å²) < 4.78 is 0. The highest BCUT2D eigenvalue weighted by Crippen LogP contribution is 2.29. The number of hydrogen-bond donors (Lipinski definition) is 3. The molecule has 1 aliphatic carbocycles.